The molecule has 0 atom stereocenters. The Kier molecular flexibility index (Phi) is 2.95. The molecule has 0 bridgehead atoms. The number of ether oxygens (including phenoxy) is 1. The molecule has 1 N–H and O–H groups in total. The third-order valence-corrected chi connectivity index (χ3v) is 1.99. The smallest absolute Gasteiger partial charge is 0.369 e. The van der Waals surface area contributed by atoms with Crippen LogP contribution in [0.5, 0.6) is 0 Å². The molecule has 72 valence electrons. The van der Waals surface area contributed by atoms with E-state index in [1.807, 2.05) is 0 Å². The van der Waals surface area contributed by atoms with Crippen LogP contribution in [-0.4, -0.2) is 32.0 Å². The summed E-state index contributed by atoms with van der Waals surface area (Å²) in [5.74, 6) is 0. The predicted molar refractivity (Wildman–Crippen MR) is 37.9 cm³/mol. The Bertz CT molecular complexity index is 142. The quantitative estimate of drug-likeness (QED) is 0.712. The van der Waals surface area contributed by atoms with Crippen molar-refractivity contribution in [2.75, 3.05) is 13.7 Å². The number of halogens is 3. The van der Waals surface area contributed by atoms with Crippen LogP contribution < -0.4 is 5.32 Å². The molecule has 0 saturated heterocycles. The van der Waals surface area contributed by atoms with Gasteiger partial charge in [-0.1, -0.05) is 0 Å². The minimum absolute atomic E-state index is 0.205. The second-order valence-corrected chi connectivity index (χ2v) is 3.01. The average Bonchev–Trinajstić information content (AvgIpc) is 1.82. The first kappa shape index (κ1) is 9.80. The first-order valence-corrected chi connectivity index (χ1v) is 3.87. The van der Waals surface area contributed by atoms with Crippen molar-refractivity contribution >= 4 is 0 Å². The maximum absolute atomic E-state index is 11.6. The highest BCUT2D eigenvalue weighted by atomic mass is 19.4. The van der Waals surface area contributed by atoms with Gasteiger partial charge in [-0.3, -0.25) is 0 Å². The second kappa shape index (κ2) is 3.62. The van der Waals surface area contributed by atoms with Crippen molar-refractivity contribution in [3.05, 3.63) is 0 Å². The molecule has 0 aromatic rings. The van der Waals surface area contributed by atoms with Crippen LogP contribution in [-0.2, 0) is 4.74 Å². The monoisotopic (exact) mass is 183 g/mol. The Morgan fingerprint density at radius 1 is 1.42 bits per heavy atom. The van der Waals surface area contributed by atoms with Crippen molar-refractivity contribution < 1.29 is 17.9 Å². The maximum Gasteiger partial charge on any atom is 0.411 e. The van der Waals surface area contributed by atoms with Crippen LogP contribution in [0.15, 0.2) is 0 Å². The third-order valence-electron chi connectivity index (χ3n) is 1.99. The molecule has 0 spiro atoms. The Morgan fingerprint density at radius 3 is 2.42 bits per heavy atom. The molecule has 1 aliphatic rings. The van der Waals surface area contributed by atoms with E-state index in [1.165, 1.54) is 0 Å². The van der Waals surface area contributed by atoms with Gasteiger partial charge < -0.3 is 10.1 Å². The highest BCUT2D eigenvalue weighted by Gasteiger charge is 2.34. The summed E-state index contributed by atoms with van der Waals surface area (Å²) in [7, 11) is 1.80. The van der Waals surface area contributed by atoms with E-state index in [2.05, 4.69) is 10.1 Å². The van der Waals surface area contributed by atoms with E-state index in [1.54, 1.807) is 7.05 Å². The van der Waals surface area contributed by atoms with E-state index >= 15 is 0 Å². The normalized spacial score (nSPS) is 30.0. The van der Waals surface area contributed by atoms with E-state index < -0.39 is 12.8 Å². The van der Waals surface area contributed by atoms with Gasteiger partial charge in [0.05, 0.1) is 6.10 Å². The third kappa shape index (κ3) is 2.98. The number of nitrogens with one attached hydrogen (secondary N) is 1. The zero-order valence-corrected chi connectivity index (χ0v) is 6.82. The fourth-order valence-corrected chi connectivity index (χ4v) is 1.15. The summed E-state index contributed by atoms with van der Waals surface area (Å²) in [5.41, 5.74) is 0. The molecule has 0 heterocycles. The minimum atomic E-state index is -4.19. The zero-order valence-electron chi connectivity index (χ0n) is 6.82. The van der Waals surface area contributed by atoms with Crippen LogP contribution in [0.4, 0.5) is 13.2 Å². The predicted octanol–water partition coefficient (Wildman–Crippen LogP) is 1.32. The lowest BCUT2D eigenvalue weighted by molar-refractivity contribution is -0.194. The summed E-state index contributed by atoms with van der Waals surface area (Å²) < 4.78 is 39.5. The summed E-state index contributed by atoms with van der Waals surface area (Å²) in [6, 6.07) is 0.336. The largest absolute Gasteiger partial charge is 0.411 e. The van der Waals surface area contributed by atoms with E-state index in [4.69, 9.17) is 0 Å². The van der Waals surface area contributed by atoms with Gasteiger partial charge >= 0.3 is 6.18 Å². The molecule has 1 saturated carbocycles. The van der Waals surface area contributed by atoms with Gasteiger partial charge in [0.25, 0.3) is 0 Å². The molecule has 2 nitrogen and oxygen atoms in total. The zero-order chi connectivity index (χ0) is 9.19. The molecule has 1 fully saturated rings. The Balaban J connectivity index is 2.04. The fraction of sp³-hybridized carbons (Fsp3) is 1.00. The lowest BCUT2D eigenvalue weighted by atomic mass is 9.89. The molecule has 0 radical (unpaired) electrons. The van der Waals surface area contributed by atoms with Gasteiger partial charge in [0.15, 0.2) is 0 Å². The van der Waals surface area contributed by atoms with E-state index in [9.17, 15) is 13.2 Å². The van der Waals surface area contributed by atoms with Gasteiger partial charge in [0.1, 0.15) is 6.61 Å². The van der Waals surface area contributed by atoms with Gasteiger partial charge in [-0.25, -0.2) is 0 Å². The van der Waals surface area contributed by atoms with Crippen molar-refractivity contribution in [3.63, 3.8) is 0 Å². The summed E-state index contributed by atoms with van der Waals surface area (Å²) in [5, 5.41) is 2.97. The summed E-state index contributed by atoms with van der Waals surface area (Å²) in [4.78, 5) is 0. The highest BCUT2D eigenvalue weighted by molar-refractivity contribution is 4.84. The van der Waals surface area contributed by atoms with E-state index in [0.29, 0.717) is 18.9 Å². The maximum atomic E-state index is 11.6. The first-order valence-electron chi connectivity index (χ1n) is 3.87. The first-order chi connectivity index (χ1) is 5.51. The van der Waals surface area contributed by atoms with E-state index in [0.717, 1.165) is 0 Å². The fourth-order valence-electron chi connectivity index (χ4n) is 1.15. The standard InChI is InChI=1S/C7H12F3NO/c1-11-5-2-6(3-5)12-4-7(8,9)10/h5-6,11H,2-4H2,1H3. The SMILES string of the molecule is CNC1CC(OCC(F)(F)F)C1. The number of hydrogen-bond donors (Lipinski definition) is 1. The van der Waals surface area contributed by atoms with Crippen LogP contribution in [0.3, 0.4) is 0 Å². The van der Waals surface area contributed by atoms with Gasteiger partial charge in [0.2, 0.25) is 0 Å². The molecule has 0 aromatic heterocycles. The summed E-state index contributed by atoms with van der Waals surface area (Å²) >= 11 is 0. The molecule has 0 amide bonds. The number of alkyl halides is 3. The van der Waals surface area contributed by atoms with Crippen molar-refractivity contribution in [2.45, 2.75) is 31.2 Å². The molecule has 0 aromatic carbocycles. The van der Waals surface area contributed by atoms with Crippen molar-refractivity contribution in [2.24, 2.45) is 0 Å². The molecule has 1 aliphatic carbocycles. The Labute approximate surface area is 69.1 Å². The highest BCUT2D eigenvalue weighted by Crippen LogP contribution is 2.25. The molecular weight excluding hydrogens is 171 g/mol. The average molecular weight is 183 g/mol. The molecule has 0 unspecified atom stereocenters. The van der Waals surface area contributed by atoms with Crippen molar-refractivity contribution in [1.82, 2.24) is 5.32 Å². The van der Waals surface area contributed by atoms with Crippen LogP contribution in [0.2, 0.25) is 0 Å². The number of hydrogen-bond acceptors (Lipinski definition) is 2. The topological polar surface area (TPSA) is 21.3 Å². The summed E-state index contributed by atoms with van der Waals surface area (Å²) in [6.07, 6.45) is -3.02. The Morgan fingerprint density at radius 2 is 2.00 bits per heavy atom. The molecular formula is C7H12F3NO. The van der Waals surface area contributed by atoms with Crippen LogP contribution >= 0.6 is 0 Å². The molecule has 1 rings (SSSR count). The van der Waals surface area contributed by atoms with E-state index in [-0.39, 0.29) is 6.10 Å². The second-order valence-electron chi connectivity index (χ2n) is 3.01. The minimum Gasteiger partial charge on any atom is -0.369 e. The van der Waals surface area contributed by atoms with Gasteiger partial charge in [-0.15, -0.1) is 0 Å². The molecule has 5 heteroatoms. The number of rotatable bonds is 3. The van der Waals surface area contributed by atoms with Crippen LogP contribution in [0.1, 0.15) is 12.8 Å². The van der Waals surface area contributed by atoms with Gasteiger partial charge in [-0.2, -0.15) is 13.2 Å². The summed E-state index contributed by atoms with van der Waals surface area (Å²) in [6.45, 7) is -1.12. The lowest BCUT2D eigenvalue weighted by Crippen LogP contribution is -2.44. The lowest BCUT2D eigenvalue weighted by Gasteiger charge is -2.34. The van der Waals surface area contributed by atoms with Crippen molar-refractivity contribution in [3.8, 4) is 0 Å². The van der Waals surface area contributed by atoms with Crippen LogP contribution in [0.25, 0.3) is 0 Å². The Hall–Kier alpha value is -0.290. The molecule has 12 heavy (non-hydrogen) atoms. The molecule has 0 aliphatic heterocycles. The van der Waals surface area contributed by atoms with Gasteiger partial charge in [-0.05, 0) is 19.9 Å². The van der Waals surface area contributed by atoms with Crippen LogP contribution in [0, 0.1) is 0 Å². The van der Waals surface area contributed by atoms with Crippen molar-refractivity contribution in [1.29, 1.82) is 0 Å². The van der Waals surface area contributed by atoms with Gasteiger partial charge in [0, 0.05) is 6.04 Å².